The van der Waals surface area contributed by atoms with Crippen LogP contribution in [0.15, 0.2) is 24.3 Å². The Morgan fingerprint density at radius 1 is 1.33 bits per heavy atom. The summed E-state index contributed by atoms with van der Waals surface area (Å²) in [7, 11) is 0. The summed E-state index contributed by atoms with van der Waals surface area (Å²) >= 11 is 0. The quantitative estimate of drug-likeness (QED) is 0.630. The topological polar surface area (TPSA) is 35.2 Å². The van der Waals surface area contributed by atoms with Gasteiger partial charge in [-0.2, -0.15) is 0 Å². The number of rotatable bonds is 0. The van der Waals surface area contributed by atoms with Gasteiger partial charge in [-0.3, -0.25) is 0 Å². The predicted octanol–water partition coefficient (Wildman–Crippen LogP) is 1.61. The molecule has 0 bridgehead atoms. The molecule has 0 spiro atoms. The fourth-order valence-corrected chi connectivity index (χ4v) is 1.58. The molecule has 1 atom stereocenters. The van der Waals surface area contributed by atoms with E-state index in [-0.39, 0.29) is 6.04 Å². The van der Waals surface area contributed by atoms with Crippen molar-refractivity contribution in [2.45, 2.75) is 19.1 Å². The van der Waals surface area contributed by atoms with E-state index in [0.717, 1.165) is 13.0 Å². The summed E-state index contributed by atoms with van der Waals surface area (Å²) in [6, 6.07) is 8.39. The summed E-state index contributed by atoms with van der Waals surface area (Å²) in [4.78, 5) is 0. The highest BCUT2D eigenvalue weighted by Gasteiger charge is 2.13. The van der Waals surface area contributed by atoms with Crippen molar-refractivity contribution in [2.75, 3.05) is 6.61 Å². The molecule has 0 aromatic heterocycles. The van der Waals surface area contributed by atoms with Crippen LogP contribution in [0.1, 0.15) is 23.6 Å². The van der Waals surface area contributed by atoms with E-state index >= 15 is 0 Å². The van der Waals surface area contributed by atoms with Crippen LogP contribution >= 0.6 is 0 Å². The zero-order valence-electron chi connectivity index (χ0n) is 6.99. The fourth-order valence-electron chi connectivity index (χ4n) is 1.58. The molecule has 0 fully saturated rings. The second kappa shape index (κ2) is 3.25. The van der Waals surface area contributed by atoms with Gasteiger partial charge in [-0.15, -0.1) is 0 Å². The summed E-state index contributed by atoms with van der Waals surface area (Å²) in [5, 5.41) is 0. The molecule has 0 radical (unpaired) electrons. The maximum atomic E-state index is 5.97. The van der Waals surface area contributed by atoms with E-state index in [9.17, 15) is 0 Å². The van der Waals surface area contributed by atoms with Gasteiger partial charge >= 0.3 is 0 Å². The van der Waals surface area contributed by atoms with Crippen LogP contribution in [0.25, 0.3) is 0 Å². The summed E-state index contributed by atoms with van der Waals surface area (Å²) in [5.41, 5.74) is 8.45. The monoisotopic (exact) mass is 163 g/mol. The second-order valence-electron chi connectivity index (χ2n) is 3.15. The largest absolute Gasteiger partial charge is 0.377 e. The maximum absolute atomic E-state index is 5.97. The van der Waals surface area contributed by atoms with Crippen molar-refractivity contribution in [3.63, 3.8) is 0 Å². The van der Waals surface area contributed by atoms with Gasteiger partial charge in [-0.05, 0) is 17.5 Å². The minimum atomic E-state index is 0.156. The smallest absolute Gasteiger partial charge is 0.0720 e. The van der Waals surface area contributed by atoms with Crippen molar-refractivity contribution < 1.29 is 4.74 Å². The number of ether oxygens (including phenoxy) is 1. The third kappa shape index (κ3) is 1.36. The van der Waals surface area contributed by atoms with Crippen LogP contribution in [0.5, 0.6) is 0 Å². The van der Waals surface area contributed by atoms with E-state index in [0.29, 0.717) is 6.61 Å². The zero-order valence-corrected chi connectivity index (χ0v) is 6.99. The Kier molecular flexibility index (Phi) is 2.11. The van der Waals surface area contributed by atoms with Crippen LogP contribution in [0, 0.1) is 0 Å². The Balaban J connectivity index is 2.39. The molecule has 0 unspecified atom stereocenters. The van der Waals surface area contributed by atoms with Crippen molar-refractivity contribution in [1.82, 2.24) is 0 Å². The first-order chi connectivity index (χ1) is 5.88. The van der Waals surface area contributed by atoms with Gasteiger partial charge in [0.15, 0.2) is 0 Å². The molecule has 1 aromatic rings. The number of benzene rings is 1. The average molecular weight is 163 g/mol. The Labute approximate surface area is 72.3 Å². The molecule has 2 rings (SSSR count). The molecule has 1 heterocycles. The van der Waals surface area contributed by atoms with Gasteiger partial charge in [0.05, 0.1) is 6.61 Å². The molecule has 2 heteroatoms. The Morgan fingerprint density at radius 2 is 2.17 bits per heavy atom. The lowest BCUT2D eigenvalue weighted by Gasteiger charge is -2.09. The van der Waals surface area contributed by atoms with E-state index in [1.807, 2.05) is 12.1 Å². The molecule has 1 aliphatic rings. The van der Waals surface area contributed by atoms with Crippen LogP contribution in [0.4, 0.5) is 0 Å². The number of fused-ring (bicyclic) bond motifs is 1. The van der Waals surface area contributed by atoms with Crippen molar-refractivity contribution in [2.24, 2.45) is 5.73 Å². The Bertz CT molecular complexity index is 272. The minimum Gasteiger partial charge on any atom is -0.377 e. The van der Waals surface area contributed by atoms with E-state index in [4.69, 9.17) is 10.5 Å². The molecular formula is C10H13NO. The van der Waals surface area contributed by atoms with Crippen molar-refractivity contribution in [3.05, 3.63) is 35.4 Å². The Hall–Kier alpha value is -0.860. The first-order valence-electron chi connectivity index (χ1n) is 4.29. The minimum absolute atomic E-state index is 0.156. The van der Waals surface area contributed by atoms with Crippen LogP contribution in [0.3, 0.4) is 0 Å². The molecule has 2 nitrogen and oxygen atoms in total. The summed E-state index contributed by atoms with van der Waals surface area (Å²) in [6.07, 6.45) is 0.928. The molecule has 0 saturated heterocycles. The molecule has 0 saturated carbocycles. The summed E-state index contributed by atoms with van der Waals surface area (Å²) in [6.45, 7) is 1.49. The molecule has 0 amide bonds. The van der Waals surface area contributed by atoms with Crippen molar-refractivity contribution in [3.8, 4) is 0 Å². The molecule has 1 aliphatic heterocycles. The number of hydrogen-bond acceptors (Lipinski definition) is 2. The van der Waals surface area contributed by atoms with Gasteiger partial charge < -0.3 is 10.5 Å². The fraction of sp³-hybridized carbons (Fsp3) is 0.400. The highest BCUT2D eigenvalue weighted by Crippen LogP contribution is 2.22. The van der Waals surface area contributed by atoms with Gasteiger partial charge in [-0.1, -0.05) is 24.3 Å². The van der Waals surface area contributed by atoms with Crippen LogP contribution in [-0.2, 0) is 11.3 Å². The molecule has 64 valence electrons. The first-order valence-corrected chi connectivity index (χ1v) is 4.29. The number of hydrogen-bond donors (Lipinski definition) is 1. The third-order valence-corrected chi connectivity index (χ3v) is 2.29. The van der Waals surface area contributed by atoms with Crippen LogP contribution in [0.2, 0.25) is 0 Å². The van der Waals surface area contributed by atoms with E-state index in [1.165, 1.54) is 11.1 Å². The van der Waals surface area contributed by atoms with Crippen LogP contribution < -0.4 is 5.73 Å². The molecule has 0 aliphatic carbocycles. The van der Waals surface area contributed by atoms with Gasteiger partial charge in [0.1, 0.15) is 0 Å². The third-order valence-electron chi connectivity index (χ3n) is 2.29. The normalized spacial score (nSPS) is 22.9. The average Bonchev–Trinajstić information content (AvgIpc) is 2.29. The highest BCUT2D eigenvalue weighted by molar-refractivity contribution is 5.29. The lowest BCUT2D eigenvalue weighted by molar-refractivity contribution is 0.122. The lowest BCUT2D eigenvalue weighted by Crippen LogP contribution is -2.11. The maximum Gasteiger partial charge on any atom is 0.0720 e. The molecule has 12 heavy (non-hydrogen) atoms. The summed E-state index contributed by atoms with van der Waals surface area (Å²) < 4.78 is 5.41. The standard InChI is InChI=1S/C10H13NO/c11-10-5-6-12-7-8-3-1-2-4-9(8)10/h1-4,10H,5-7,11H2/t10-/m0/s1. The number of nitrogens with two attached hydrogens (primary N) is 1. The molecule has 2 N–H and O–H groups in total. The Morgan fingerprint density at radius 3 is 3.08 bits per heavy atom. The SMILES string of the molecule is N[C@H]1CCOCc2ccccc21. The second-order valence-corrected chi connectivity index (χ2v) is 3.15. The van der Waals surface area contributed by atoms with Gasteiger partial charge in [0, 0.05) is 12.6 Å². The lowest BCUT2D eigenvalue weighted by atomic mass is 10.0. The van der Waals surface area contributed by atoms with E-state index in [2.05, 4.69) is 12.1 Å². The first kappa shape index (κ1) is 7.77. The van der Waals surface area contributed by atoms with Gasteiger partial charge in [0.2, 0.25) is 0 Å². The van der Waals surface area contributed by atoms with Gasteiger partial charge in [-0.25, -0.2) is 0 Å². The zero-order chi connectivity index (χ0) is 8.39. The highest BCUT2D eigenvalue weighted by atomic mass is 16.5. The molecular weight excluding hydrogens is 150 g/mol. The predicted molar refractivity (Wildman–Crippen MR) is 47.6 cm³/mol. The van der Waals surface area contributed by atoms with Crippen molar-refractivity contribution in [1.29, 1.82) is 0 Å². The van der Waals surface area contributed by atoms with Crippen LogP contribution in [-0.4, -0.2) is 6.61 Å². The van der Waals surface area contributed by atoms with E-state index < -0.39 is 0 Å². The summed E-state index contributed by atoms with van der Waals surface area (Å²) in [5.74, 6) is 0. The molecule has 1 aromatic carbocycles. The van der Waals surface area contributed by atoms with E-state index in [1.54, 1.807) is 0 Å². The van der Waals surface area contributed by atoms with Gasteiger partial charge in [0.25, 0.3) is 0 Å². The van der Waals surface area contributed by atoms with Crippen molar-refractivity contribution >= 4 is 0 Å².